The number of benzene rings is 1. The van der Waals surface area contributed by atoms with Crippen molar-refractivity contribution in [2.75, 3.05) is 44.7 Å². The van der Waals surface area contributed by atoms with Gasteiger partial charge in [-0.05, 0) is 31.5 Å². The minimum absolute atomic E-state index is 0.173. The third-order valence-electron chi connectivity index (χ3n) is 6.00. The van der Waals surface area contributed by atoms with E-state index in [0.717, 1.165) is 54.0 Å². The Morgan fingerprint density at radius 3 is 2.61 bits per heavy atom. The number of anilines is 1. The molecule has 0 spiro atoms. The zero-order valence-electron chi connectivity index (χ0n) is 19.0. The van der Waals surface area contributed by atoms with Gasteiger partial charge in [0, 0.05) is 55.9 Å². The van der Waals surface area contributed by atoms with Gasteiger partial charge in [-0.15, -0.1) is 0 Å². The lowest BCUT2D eigenvalue weighted by Gasteiger charge is -2.38. The molecule has 5 rings (SSSR count). The minimum atomic E-state index is -0.693. The van der Waals surface area contributed by atoms with E-state index in [1.807, 2.05) is 32.3 Å². The molecule has 1 fully saturated rings. The number of ether oxygens (including phenoxy) is 1. The largest absolute Gasteiger partial charge is 0.494 e. The van der Waals surface area contributed by atoms with Crippen LogP contribution < -0.4 is 9.64 Å². The molecule has 1 aliphatic rings. The van der Waals surface area contributed by atoms with Gasteiger partial charge in [0.05, 0.1) is 42.5 Å². The molecule has 0 saturated carbocycles. The number of pyridine rings is 1. The van der Waals surface area contributed by atoms with Crippen LogP contribution >= 0.6 is 0 Å². The summed E-state index contributed by atoms with van der Waals surface area (Å²) in [5.74, 6) is -0.271. The smallest absolute Gasteiger partial charge is 0.167 e. The Balaban J connectivity index is 1.44. The van der Waals surface area contributed by atoms with Crippen LogP contribution in [0.25, 0.3) is 27.7 Å². The van der Waals surface area contributed by atoms with Crippen LogP contribution in [0.3, 0.4) is 0 Å². The second-order valence-electron chi connectivity index (χ2n) is 9.08. The van der Waals surface area contributed by atoms with Crippen LogP contribution in [0.5, 0.6) is 5.75 Å². The van der Waals surface area contributed by atoms with Crippen LogP contribution in [-0.4, -0.2) is 75.0 Å². The van der Waals surface area contributed by atoms with Crippen molar-refractivity contribution in [3.8, 4) is 16.9 Å². The van der Waals surface area contributed by atoms with Gasteiger partial charge in [0.25, 0.3) is 0 Å². The van der Waals surface area contributed by atoms with Gasteiger partial charge in [0.15, 0.2) is 17.2 Å². The van der Waals surface area contributed by atoms with Crippen LogP contribution in [0.1, 0.15) is 13.8 Å². The van der Waals surface area contributed by atoms with E-state index in [0.29, 0.717) is 12.1 Å². The molecule has 172 valence electrons. The Hall–Kier alpha value is -3.30. The number of aliphatic hydroxyl groups is 1. The molecule has 0 atom stereocenters. The number of β-amino-alcohol motifs (C(OH)–C–C–N with tert-alkyl or cyclic N) is 1. The maximum atomic E-state index is 14.2. The van der Waals surface area contributed by atoms with Gasteiger partial charge in [0.2, 0.25) is 0 Å². The topological polar surface area (TPSA) is 79.0 Å². The molecule has 0 amide bonds. The Bertz CT molecular complexity index is 1310. The fourth-order valence-electron chi connectivity index (χ4n) is 4.47. The molecule has 0 bridgehead atoms. The van der Waals surface area contributed by atoms with Crippen LogP contribution in [0, 0.1) is 5.82 Å². The number of piperazine rings is 1. The highest BCUT2D eigenvalue weighted by molar-refractivity contribution is 5.98. The van der Waals surface area contributed by atoms with Crippen molar-refractivity contribution in [3.05, 3.63) is 48.8 Å². The first kappa shape index (κ1) is 21.5. The molecule has 0 unspecified atom stereocenters. The first-order valence-electron chi connectivity index (χ1n) is 11.0. The van der Waals surface area contributed by atoms with Gasteiger partial charge in [-0.3, -0.25) is 9.88 Å². The maximum absolute atomic E-state index is 14.2. The molecule has 4 heterocycles. The van der Waals surface area contributed by atoms with E-state index in [1.165, 1.54) is 13.2 Å². The fourth-order valence-corrected chi connectivity index (χ4v) is 4.47. The van der Waals surface area contributed by atoms with Crippen LogP contribution in [0.15, 0.2) is 43.0 Å². The lowest BCUT2D eigenvalue weighted by molar-refractivity contribution is 0.0345. The monoisotopic (exact) mass is 450 g/mol. The SMILES string of the molecule is COc1cc2c(-c3cnn4cc(N5CCN(CC(C)(C)O)CC5)cnc34)ccnc2cc1F. The van der Waals surface area contributed by atoms with Gasteiger partial charge in [-0.1, -0.05) is 0 Å². The molecule has 33 heavy (non-hydrogen) atoms. The quantitative estimate of drug-likeness (QED) is 0.501. The fraction of sp³-hybridized carbons (Fsp3) is 0.375. The number of fused-ring (bicyclic) bond motifs is 2. The van der Waals surface area contributed by atoms with Crippen LogP contribution in [-0.2, 0) is 0 Å². The number of halogens is 1. The average molecular weight is 451 g/mol. The second-order valence-corrected chi connectivity index (χ2v) is 9.08. The summed E-state index contributed by atoms with van der Waals surface area (Å²) in [4.78, 5) is 13.6. The summed E-state index contributed by atoms with van der Waals surface area (Å²) in [5.41, 5.74) is 3.29. The number of rotatable bonds is 5. The van der Waals surface area contributed by atoms with Crippen molar-refractivity contribution in [1.29, 1.82) is 0 Å². The van der Waals surface area contributed by atoms with Gasteiger partial charge in [-0.2, -0.15) is 5.10 Å². The van der Waals surface area contributed by atoms with Crippen LogP contribution in [0.4, 0.5) is 10.1 Å². The molecular weight excluding hydrogens is 423 g/mol. The molecule has 8 nitrogen and oxygen atoms in total. The zero-order chi connectivity index (χ0) is 23.2. The predicted molar refractivity (Wildman–Crippen MR) is 125 cm³/mol. The summed E-state index contributed by atoms with van der Waals surface area (Å²) in [6.45, 7) is 7.82. The summed E-state index contributed by atoms with van der Waals surface area (Å²) < 4.78 is 21.1. The molecule has 1 saturated heterocycles. The van der Waals surface area contributed by atoms with E-state index in [-0.39, 0.29) is 5.75 Å². The minimum Gasteiger partial charge on any atom is -0.494 e. The molecule has 0 radical (unpaired) electrons. The Labute approximate surface area is 191 Å². The second kappa shape index (κ2) is 8.24. The van der Waals surface area contributed by atoms with Gasteiger partial charge >= 0.3 is 0 Å². The zero-order valence-corrected chi connectivity index (χ0v) is 19.0. The van der Waals surface area contributed by atoms with Crippen molar-refractivity contribution in [3.63, 3.8) is 0 Å². The van der Waals surface area contributed by atoms with Crippen molar-refractivity contribution < 1.29 is 14.2 Å². The van der Waals surface area contributed by atoms with Gasteiger partial charge in [0.1, 0.15) is 0 Å². The normalized spacial score (nSPS) is 15.5. The standard InChI is InChI=1S/C24H27FN6O2/c1-24(2,32)15-29-6-8-30(9-7-29)16-12-27-23-19(13-28-31(23)14-16)17-4-5-26-21-11-20(25)22(33-3)10-18(17)21/h4-5,10-14,32H,6-9,15H2,1-3H3. The lowest BCUT2D eigenvalue weighted by Crippen LogP contribution is -2.50. The number of hydrogen-bond acceptors (Lipinski definition) is 7. The van der Waals surface area contributed by atoms with Gasteiger partial charge in [-0.25, -0.2) is 13.9 Å². The molecule has 1 N–H and O–H groups in total. The first-order valence-corrected chi connectivity index (χ1v) is 11.0. The maximum Gasteiger partial charge on any atom is 0.167 e. The van der Waals surface area contributed by atoms with Crippen LogP contribution in [0.2, 0.25) is 0 Å². The molecule has 3 aromatic heterocycles. The van der Waals surface area contributed by atoms with E-state index < -0.39 is 11.4 Å². The molecule has 1 aromatic carbocycles. The third-order valence-corrected chi connectivity index (χ3v) is 6.00. The molecular formula is C24H27FN6O2. The molecule has 1 aliphatic heterocycles. The Kier molecular flexibility index (Phi) is 5.38. The number of methoxy groups -OCH3 is 1. The van der Waals surface area contributed by atoms with Crippen molar-refractivity contribution in [2.45, 2.75) is 19.4 Å². The summed E-state index contributed by atoms with van der Waals surface area (Å²) >= 11 is 0. The molecule has 9 heteroatoms. The highest BCUT2D eigenvalue weighted by atomic mass is 19.1. The van der Waals surface area contributed by atoms with Crippen molar-refractivity contribution in [1.82, 2.24) is 24.5 Å². The van der Waals surface area contributed by atoms with E-state index in [2.05, 4.69) is 19.9 Å². The highest BCUT2D eigenvalue weighted by Gasteiger charge is 2.23. The number of hydrogen-bond donors (Lipinski definition) is 1. The lowest BCUT2D eigenvalue weighted by atomic mass is 10.0. The number of nitrogens with zero attached hydrogens (tertiary/aromatic N) is 6. The Morgan fingerprint density at radius 2 is 1.88 bits per heavy atom. The molecule has 4 aromatic rings. The summed E-state index contributed by atoms with van der Waals surface area (Å²) in [7, 11) is 1.45. The highest BCUT2D eigenvalue weighted by Crippen LogP contribution is 2.33. The Morgan fingerprint density at radius 1 is 1.09 bits per heavy atom. The first-order chi connectivity index (χ1) is 15.8. The van der Waals surface area contributed by atoms with E-state index in [4.69, 9.17) is 9.72 Å². The third kappa shape index (κ3) is 4.21. The van der Waals surface area contributed by atoms with E-state index in [1.54, 1.807) is 23.0 Å². The predicted octanol–water partition coefficient (Wildman–Crippen LogP) is 2.99. The summed E-state index contributed by atoms with van der Waals surface area (Å²) in [6, 6.07) is 4.93. The molecule has 0 aliphatic carbocycles. The van der Waals surface area contributed by atoms with Gasteiger partial charge < -0.3 is 14.7 Å². The summed E-state index contributed by atoms with van der Waals surface area (Å²) in [5, 5.41) is 15.4. The average Bonchev–Trinajstić information content (AvgIpc) is 3.20. The number of aromatic nitrogens is 4. The van der Waals surface area contributed by atoms with E-state index in [9.17, 15) is 9.50 Å². The van der Waals surface area contributed by atoms with E-state index >= 15 is 0 Å². The van der Waals surface area contributed by atoms with Crippen molar-refractivity contribution >= 4 is 22.2 Å². The van der Waals surface area contributed by atoms with Crippen molar-refractivity contribution in [2.24, 2.45) is 0 Å². The summed E-state index contributed by atoms with van der Waals surface area (Å²) in [6.07, 6.45) is 7.30.